The summed E-state index contributed by atoms with van der Waals surface area (Å²) < 4.78 is 10.8. The highest BCUT2D eigenvalue weighted by molar-refractivity contribution is 5.26. The van der Waals surface area contributed by atoms with Gasteiger partial charge in [0.05, 0.1) is 12.7 Å². The summed E-state index contributed by atoms with van der Waals surface area (Å²) in [6.45, 7) is 2.50. The molecule has 0 spiro atoms. The molecule has 2 rings (SSSR count). The fourth-order valence-corrected chi connectivity index (χ4v) is 2.56. The van der Waals surface area contributed by atoms with E-state index >= 15 is 0 Å². The molecule has 1 aromatic rings. The molecule has 1 aliphatic rings. The molecule has 6 nitrogen and oxygen atoms in total. The van der Waals surface area contributed by atoms with E-state index in [9.17, 15) is 0 Å². The van der Waals surface area contributed by atoms with E-state index in [4.69, 9.17) is 9.47 Å². The van der Waals surface area contributed by atoms with Crippen LogP contribution in [-0.4, -0.2) is 68.5 Å². The van der Waals surface area contributed by atoms with Gasteiger partial charge in [0.15, 0.2) is 0 Å². The van der Waals surface area contributed by atoms with Crippen LogP contribution in [0.5, 0.6) is 0 Å². The lowest BCUT2D eigenvalue weighted by molar-refractivity contribution is 0.106. The molecular weight excluding hydrogens is 256 g/mol. The maximum absolute atomic E-state index is 5.47. The van der Waals surface area contributed by atoms with Crippen LogP contribution >= 0.6 is 0 Å². The normalized spacial score (nSPS) is 23.2. The summed E-state index contributed by atoms with van der Waals surface area (Å²) in [5, 5.41) is 0. The average molecular weight is 280 g/mol. The molecule has 112 valence electrons. The van der Waals surface area contributed by atoms with Crippen molar-refractivity contribution in [3.8, 4) is 0 Å². The Bertz CT molecular complexity index is 410. The number of rotatable bonds is 6. The monoisotopic (exact) mass is 280 g/mol. The first-order chi connectivity index (χ1) is 9.63. The van der Waals surface area contributed by atoms with Gasteiger partial charge in [-0.15, -0.1) is 0 Å². The molecule has 0 radical (unpaired) electrons. The van der Waals surface area contributed by atoms with Crippen molar-refractivity contribution in [1.82, 2.24) is 14.9 Å². The molecule has 0 amide bonds. The fraction of sp³-hybridized carbons (Fsp3) is 0.714. The van der Waals surface area contributed by atoms with E-state index in [2.05, 4.69) is 14.9 Å². The Balaban J connectivity index is 2.00. The van der Waals surface area contributed by atoms with Gasteiger partial charge in [-0.1, -0.05) is 0 Å². The van der Waals surface area contributed by atoms with Gasteiger partial charge < -0.3 is 14.4 Å². The topological polar surface area (TPSA) is 50.7 Å². The highest BCUT2D eigenvalue weighted by Gasteiger charge is 2.31. The van der Waals surface area contributed by atoms with Crippen molar-refractivity contribution in [3.63, 3.8) is 0 Å². The number of hydrogen-bond acceptors (Lipinski definition) is 6. The van der Waals surface area contributed by atoms with Crippen LogP contribution in [0, 0.1) is 0 Å². The van der Waals surface area contributed by atoms with Gasteiger partial charge in [-0.25, -0.2) is 9.97 Å². The van der Waals surface area contributed by atoms with E-state index in [0.717, 1.165) is 37.6 Å². The molecule has 1 fully saturated rings. The summed E-state index contributed by atoms with van der Waals surface area (Å²) in [5.41, 5.74) is 1.12. The summed E-state index contributed by atoms with van der Waals surface area (Å²) in [7, 11) is 7.39. The molecule has 1 aromatic heterocycles. The van der Waals surface area contributed by atoms with Gasteiger partial charge >= 0.3 is 0 Å². The molecule has 0 saturated carbocycles. The van der Waals surface area contributed by atoms with E-state index in [1.165, 1.54) is 0 Å². The maximum atomic E-state index is 5.47. The van der Waals surface area contributed by atoms with Crippen LogP contribution < -0.4 is 4.90 Å². The maximum Gasteiger partial charge on any atom is 0.224 e. The van der Waals surface area contributed by atoms with Gasteiger partial charge in [-0.3, -0.25) is 4.90 Å². The number of methoxy groups -OCH3 is 2. The lowest BCUT2D eigenvalue weighted by Crippen LogP contribution is -2.32. The molecule has 1 saturated heterocycles. The number of nitrogens with zero attached hydrogens (tertiary/aromatic N) is 4. The van der Waals surface area contributed by atoms with E-state index in [1.54, 1.807) is 14.2 Å². The van der Waals surface area contributed by atoms with E-state index in [-0.39, 0.29) is 6.10 Å². The summed E-state index contributed by atoms with van der Waals surface area (Å²) in [4.78, 5) is 13.0. The Morgan fingerprint density at radius 3 is 2.55 bits per heavy atom. The minimum atomic E-state index is 0.289. The van der Waals surface area contributed by atoms with Crippen LogP contribution in [0.1, 0.15) is 12.0 Å². The van der Waals surface area contributed by atoms with Gasteiger partial charge in [0.25, 0.3) is 0 Å². The number of likely N-dealkylation sites (tertiary alicyclic amines) is 1. The van der Waals surface area contributed by atoms with Crippen molar-refractivity contribution in [2.24, 2.45) is 0 Å². The lowest BCUT2D eigenvalue weighted by Gasteiger charge is -2.23. The van der Waals surface area contributed by atoms with Gasteiger partial charge in [-0.2, -0.15) is 0 Å². The Kier molecular flexibility index (Phi) is 5.28. The first kappa shape index (κ1) is 15.2. The van der Waals surface area contributed by atoms with E-state index < -0.39 is 0 Å². The highest BCUT2D eigenvalue weighted by atomic mass is 16.5. The van der Waals surface area contributed by atoms with Crippen molar-refractivity contribution in [2.45, 2.75) is 25.1 Å². The molecule has 0 N–H and O–H groups in total. The molecule has 20 heavy (non-hydrogen) atoms. The van der Waals surface area contributed by atoms with Crippen molar-refractivity contribution in [3.05, 3.63) is 18.0 Å². The predicted molar refractivity (Wildman–Crippen MR) is 77.8 cm³/mol. The third-order valence-electron chi connectivity index (χ3n) is 3.66. The minimum Gasteiger partial charge on any atom is -0.383 e. The average Bonchev–Trinajstić information content (AvgIpc) is 2.82. The van der Waals surface area contributed by atoms with Crippen LogP contribution in [-0.2, 0) is 16.0 Å². The van der Waals surface area contributed by atoms with Gasteiger partial charge in [0, 0.05) is 65.4 Å². The molecule has 2 atom stereocenters. The Morgan fingerprint density at radius 2 is 2.00 bits per heavy atom. The van der Waals surface area contributed by atoms with Gasteiger partial charge in [0.2, 0.25) is 5.95 Å². The Labute approximate surface area is 120 Å². The van der Waals surface area contributed by atoms with E-state index in [1.807, 2.05) is 31.4 Å². The fourth-order valence-electron chi connectivity index (χ4n) is 2.56. The van der Waals surface area contributed by atoms with E-state index in [0.29, 0.717) is 6.04 Å². The Morgan fingerprint density at radius 1 is 1.30 bits per heavy atom. The van der Waals surface area contributed by atoms with Crippen LogP contribution in [0.25, 0.3) is 0 Å². The highest BCUT2D eigenvalue weighted by Crippen LogP contribution is 2.22. The molecule has 6 heteroatoms. The lowest BCUT2D eigenvalue weighted by atomic mass is 10.2. The van der Waals surface area contributed by atoms with Crippen molar-refractivity contribution in [1.29, 1.82) is 0 Å². The zero-order valence-electron chi connectivity index (χ0n) is 12.7. The molecule has 1 aliphatic heterocycles. The molecule has 0 aromatic carbocycles. The second-order valence-electron chi connectivity index (χ2n) is 5.42. The minimum absolute atomic E-state index is 0.289. The van der Waals surface area contributed by atoms with Gasteiger partial charge in [-0.05, 0) is 6.42 Å². The second kappa shape index (κ2) is 6.97. The van der Waals surface area contributed by atoms with Crippen molar-refractivity contribution < 1.29 is 9.47 Å². The summed E-state index contributed by atoms with van der Waals surface area (Å²) in [6, 6.07) is 0.401. The molecule has 0 unspecified atom stereocenters. The smallest absolute Gasteiger partial charge is 0.224 e. The standard InChI is InChI=1S/C14H24N4O2/c1-17(2)14-15-6-11(7-16-14)8-18-9-13(20-4)5-12(18)10-19-3/h6-7,12-13H,5,8-10H2,1-4H3/t12-,13-/m0/s1. The number of aromatic nitrogens is 2. The number of anilines is 1. The first-order valence-corrected chi connectivity index (χ1v) is 6.88. The van der Waals surface area contributed by atoms with Crippen LogP contribution in [0.2, 0.25) is 0 Å². The predicted octanol–water partition coefficient (Wildman–Crippen LogP) is 0.778. The summed E-state index contributed by atoms with van der Waals surface area (Å²) >= 11 is 0. The number of hydrogen-bond donors (Lipinski definition) is 0. The largest absolute Gasteiger partial charge is 0.383 e. The molecule has 2 heterocycles. The third-order valence-corrected chi connectivity index (χ3v) is 3.66. The first-order valence-electron chi connectivity index (χ1n) is 6.88. The van der Waals surface area contributed by atoms with Gasteiger partial charge in [0.1, 0.15) is 0 Å². The summed E-state index contributed by atoms with van der Waals surface area (Å²) in [5.74, 6) is 0.735. The molecule has 0 aliphatic carbocycles. The zero-order valence-corrected chi connectivity index (χ0v) is 12.7. The zero-order chi connectivity index (χ0) is 14.5. The van der Waals surface area contributed by atoms with Crippen LogP contribution in [0.15, 0.2) is 12.4 Å². The SMILES string of the molecule is COC[C@@H]1C[C@H](OC)CN1Cc1cnc(N(C)C)nc1. The van der Waals surface area contributed by atoms with Crippen LogP contribution in [0.3, 0.4) is 0 Å². The van der Waals surface area contributed by atoms with Crippen molar-refractivity contribution in [2.75, 3.05) is 46.4 Å². The molecular formula is C14H24N4O2. The third kappa shape index (κ3) is 3.65. The molecule has 0 bridgehead atoms. The van der Waals surface area contributed by atoms with Crippen molar-refractivity contribution >= 4 is 5.95 Å². The quantitative estimate of drug-likeness (QED) is 0.767. The Hall–Kier alpha value is -1.24. The second-order valence-corrected chi connectivity index (χ2v) is 5.42. The summed E-state index contributed by atoms with van der Waals surface area (Å²) in [6.07, 6.45) is 5.09. The van der Waals surface area contributed by atoms with Crippen LogP contribution in [0.4, 0.5) is 5.95 Å². The number of ether oxygens (including phenoxy) is 2.